The molecular weight excluding hydrogens is 384 g/mol. The Bertz CT molecular complexity index is 783. The van der Waals surface area contributed by atoms with Crippen molar-refractivity contribution in [2.24, 2.45) is 11.1 Å². The van der Waals surface area contributed by atoms with Crippen molar-refractivity contribution in [2.75, 3.05) is 36.5 Å². The average molecular weight is 417 g/mol. The summed E-state index contributed by atoms with van der Waals surface area (Å²) in [5, 5.41) is 2.82. The molecule has 1 atom stereocenters. The Morgan fingerprint density at radius 1 is 1.27 bits per heavy atom. The Hall–Kier alpha value is -2.45. The van der Waals surface area contributed by atoms with Crippen molar-refractivity contribution in [1.29, 1.82) is 0 Å². The summed E-state index contributed by atoms with van der Waals surface area (Å²) in [4.78, 5) is 40.9. The summed E-state index contributed by atoms with van der Waals surface area (Å²) in [7, 11) is 0. The van der Waals surface area contributed by atoms with E-state index in [9.17, 15) is 14.4 Å². The van der Waals surface area contributed by atoms with Gasteiger partial charge in [0.1, 0.15) is 6.61 Å². The van der Waals surface area contributed by atoms with Crippen molar-refractivity contribution in [3.05, 3.63) is 24.3 Å². The van der Waals surface area contributed by atoms with Crippen LogP contribution in [0.5, 0.6) is 0 Å². The van der Waals surface area contributed by atoms with Crippen LogP contribution in [-0.2, 0) is 19.1 Å². The Morgan fingerprint density at radius 3 is 2.43 bits per heavy atom. The third kappa shape index (κ3) is 5.37. The highest BCUT2D eigenvalue weighted by molar-refractivity contribution is 6.09. The molecule has 1 aliphatic carbocycles. The number of anilines is 2. The van der Waals surface area contributed by atoms with Crippen LogP contribution in [0, 0.1) is 5.41 Å². The van der Waals surface area contributed by atoms with Crippen LogP contribution in [0.3, 0.4) is 0 Å². The first-order chi connectivity index (χ1) is 14.2. The monoisotopic (exact) mass is 416 g/mol. The van der Waals surface area contributed by atoms with Gasteiger partial charge in [-0.1, -0.05) is 27.2 Å². The van der Waals surface area contributed by atoms with Crippen molar-refractivity contribution in [2.45, 2.75) is 52.1 Å². The summed E-state index contributed by atoms with van der Waals surface area (Å²) >= 11 is 0. The number of primary amides is 1. The number of rotatable bonds is 7. The number of amides is 3. The Kier molecular flexibility index (Phi) is 6.77. The minimum atomic E-state index is -1.02. The van der Waals surface area contributed by atoms with E-state index in [2.05, 4.69) is 26.1 Å². The van der Waals surface area contributed by atoms with Gasteiger partial charge in [0.2, 0.25) is 5.91 Å². The second-order valence-corrected chi connectivity index (χ2v) is 9.26. The predicted molar refractivity (Wildman–Crippen MR) is 115 cm³/mol. The van der Waals surface area contributed by atoms with Gasteiger partial charge in [-0.2, -0.15) is 0 Å². The molecule has 164 valence electrons. The van der Waals surface area contributed by atoms with E-state index < -0.39 is 17.9 Å². The summed E-state index contributed by atoms with van der Waals surface area (Å²) < 4.78 is 5.15. The number of morpholine rings is 1. The standard InChI is InChI=1S/C22H32N4O4/c1-22(2,3)14-26(16-5-4-6-16)19(20(23)28)21(29)24-15-7-9-17(10-8-15)25-11-12-30-13-18(25)27/h7-10,16,19H,4-6,11-14H2,1-3H3,(H2,23,28)(H,24,29)/t19-/m1/s1. The second-order valence-electron chi connectivity index (χ2n) is 9.26. The van der Waals surface area contributed by atoms with Crippen LogP contribution < -0.4 is 16.0 Å². The van der Waals surface area contributed by atoms with Crippen LogP contribution >= 0.6 is 0 Å². The molecular formula is C22H32N4O4. The lowest BCUT2D eigenvalue weighted by molar-refractivity contribution is -0.135. The van der Waals surface area contributed by atoms with Crippen molar-refractivity contribution in [1.82, 2.24) is 4.90 Å². The first-order valence-electron chi connectivity index (χ1n) is 10.5. The van der Waals surface area contributed by atoms with E-state index in [1.165, 1.54) is 0 Å². The quantitative estimate of drug-likeness (QED) is 0.659. The van der Waals surface area contributed by atoms with Gasteiger partial charge >= 0.3 is 0 Å². The smallest absolute Gasteiger partial charge is 0.253 e. The minimum Gasteiger partial charge on any atom is -0.370 e. The fraction of sp³-hybridized carbons (Fsp3) is 0.591. The molecule has 1 aromatic rings. The number of benzene rings is 1. The highest BCUT2D eigenvalue weighted by Gasteiger charge is 2.39. The molecule has 1 heterocycles. The Morgan fingerprint density at radius 2 is 1.93 bits per heavy atom. The van der Waals surface area contributed by atoms with Gasteiger partial charge in [-0.05, 0) is 42.5 Å². The van der Waals surface area contributed by atoms with E-state index in [1.807, 2.05) is 4.90 Å². The zero-order chi connectivity index (χ0) is 21.9. The summed E-state index contributed by atoms with van der Waals surface area (Å²) in [6, 6.07) is 6.18. The molecule has 0 spiro atoms. The lowest BCUT2D eigenvalue weighted by Crippen LogP contribution is -2.59. The number of hydrogen-bond acceptors (Lipinski definition) is 5. The third-order valence-electron chi connectivity index (χ3n) is 5.48. The van der Waals surface area contributed by atoms with Crippen LogP contribution in [0.15, 0.2) is 24.3 Å². The molecule has 1 aliphatic heterocycles. The minimum absolute atomic E-state index is 0.0730. The molecule has 0 bridgehead atoms. The van der Waals surface area contributed by atoms with E-state index in [0.29, 0.717) is 25.4 Å². The fourth-order valence-corrected chi connectivity index (χ4v) is 3.87. The van der Waals surface area contributed by atoms with Gasteiger partial charge in [0, 0.05) is 30.5 Å². The average Bonchev–Trinajstić information content (AvgIpc) is 2.60. The van der Waals surface area contributed by atoms with Crippen LogP contribution in [0.1, 0.15) is 40.0 Å². The number of nitrogens with zero attached hydrogens (tertiary/aromatic N) is 2. The number of carbonyl (C=O) groups excluding carboxylic acids is 3. The largest absolute Gasteiger partial charge is 0.370 e. The summed E-state index contributed by atoms with van der Waals surface area (Å²) in [6.07, 6.45) is 3.03. The van der Waals surface area contributed by atoms with Crippen LogP contribution in [0.2, 0.25) is 0 Å². The van der Waals surface area contributed by atoms with Gasteiger partial charge in [0.15, 0.2) is 6.04 Å². The maximum Gasteiger partial charge on any atom is 0.253 e. The normalized spacial score (nSPS) is 18.8. The third-order valence-corrected chi connectivity index (χ3v) is 5.48. The molecule has 1 aromatic carbocycles. The Labute approximate surface area is 177 Å². The number of nitrogens with one attached hydrogen (secondary N) is 1. The van der Waals surface area contributed by atoms with Crippen molar-refractivity contribution < 1.29 is 19.1 Å². The van der Waals surface area contributed by atoms with Crippen LogP contribution in [0.25, 0.3) is 0 Å². The second kappa shape index (κ2) is 9.14. The van der Waals surface area contributed by atoms with E-state index in [0.717, 1.165) is 24.9 Å². The van der Waals surface area contributed by atoms with E-state index in [1.54, 1.807) is 29.2 Å². The summed E-state index contributed by atoms with van der Waals surface area (Å²) in [6.45, 7) is 7.92. The molecule has 8 heteroatoms. The summed E-state index contributed by atoms with van der Waals surface area (Å²) in [5.74, 6) is -1.15. The molecule has 3 N–H and O–H groups in total. The van der Waals surface area contributed by atoms with Gasteiger partial charge < -0.3 is 20.7 Å². The molecule has 0 aromatic heterocycles. The molecule has 1 saturated carbocycles. The van der Waals surface area contributed by atoms with E-state index in [4.69, 9.17) is 10.5 Å². The first-order valence-corrected chi connectivity index (χ1v) is 10.5. The Balaban J connectivity index is 1.72. The number of hydrogen-bond donors (Lipinski definition) is 2. The lowest BCUT2D eigenvalue weighted by Gasteiger charge is -2.43. The van der Waals surface area contributed by atoms with Gasteiger partial charge in [0.05, 0.1) is 6.61 Å². The molecule has 30 heavy (non-hydrogen) atoms. The summed E-state index contributed by atoms with van der Waals surface area (Å²) in [5.41, 5.74) is 6.90. The SMILES string of the molecule is CC(C)(C)CN(C1CCC1)[C@H](C(N)=O)C(=O)Nc1ccc(N2CCOCC2=O)cc1. The van der Waals surface area contributed by atoms with Gasteiger partial charge in [0.25, 0.3) is 11.8 Å². The maximum atomic E-state index is 13.0. The number of carbonyl (C=O) groups is 3. The zero-order valence-corrected chi connectivity index (χ0v) is 18.0. The van der Waals surface area contributed by atoms with Gasteiger partial charge in [-0.15, -0.1) is 0 Å². The van der Waals surface area contributed by atoms with Crippen molar-refractivity contribution in [3.63, 3.8) is 0 Å². The van der Waals surface area contributed by atoms with Crippen LogP contribution in [-0.4, -0.2) is 61.0 Å². The first kappa shape index (κ1) is 22.2. The molecule has 3 rings (SSSR count). The molecule has 1 saturated heterocycles. The topological polar surface area (TPSA) is 105 Å². The predicted octanol–water partition coefficient (Wildman–Crippen LogP) is 1.74. The van der Waals surface area contributed by atoms with Gasteiger partial charge in [-0.25, -0.2) is 0 Å². The zero-order valence-electron chi connectivity index (χ0n) is 18.0. The molecule has 8 nitrogen and oxygen atoms in total. The molecule has 0 unspecified atom stereocenters. The van der Waals surface area contributed by atoms with E-state index >= 15 is 0 Å². The molecule has 0 radical (unpaired) electrons. The maximum absolute atomic E-state index is 13.0. The van der Waals surface area contributed by atoms with Crippen molar-refractivity contribution in [3.8, 4) is 0 Å². The molecule has 2 fully saturated rings. The van der Waals surface area contributed by atoms with Gasteiger partial charge in [-0.3, -0.25) is 19.3 Å². The number of nitrogens with two attached hydrogens (primary N) is 1. The highest BCUT2D eigenvalue weighted by atomic mass is 16.5. The molecule has 3 amide bonds. The fourth-order valence-electron chi connectivity index (χ4n) is 3.87. The van der Waals surface area contributed by atoms with Crippen LogP contribution in [0.4, 0.5) is 11.4 Å². The molecule has 2 aliphatic rings. The lowest BCUT2D eigenvalue weighted by atomic mass is 9.86. The number of ether oxygens (including phenoxy) is 1. The highest BCUT2D eigenvalue weighted by Crippen LogP contribution is 2.30. The van der Waals surface area contributed by atoms with Crippen molar-refractivity contribution >= 4 is 29.1 Å². The van der Waals surface area contributed by atoms with E-state index in [-0.39, 0.29) is 24.0 Å².